The molecule has 3 heteroatoms. The number of benzene rings is 1. The van der Waals surface area contributed by atoms with E-state index in [0.29, 0.717) is 16.6 Å². The maximum Gasteiger partial charge on any atom is 0.146 e. The van der Waals surface area contributed by atoms with Gasteiger partial charge in [0.25, 0.3) is 0 Å². The average molecular weight is 370 g/mol. The van der Waals surface area contributed by atoms with Crippen molar-refractivity contribution < 1.29 is 4.39 Å². The van der Waals surface area contributed by atoms with Gasteiger partial charge in [0.15, 0.2) is 0 Å². The van der Waals surface area contributed by atoms with E-state index in [-0.39, 0.29) is 5.82 Å². The Morgan fingerprint density at radius 2 is 1.38 bits per heavy atom. The second-order valence-corrected chi connectivity index (χ2v) is 13.9. The molecule has 1 N–H and O–H groups in total. The van der Waals surface area contributed by atoms with Gasteiger partial charge in [0.05, 0.1) is 5.69 Å². The van der Waals surface area contributed by atoms with Gasteiger partial charge in [-0.1, -0.05) is 59.6 Å². The molecular weight excluding hydrogens is 337 g/mol. The SMILES string of the molecule is Cc1[nH]c(C#C[Si](C(C)C)(C(C)C)C(C)C)c(C)c1-c1ccc(F)cc1. The molecule has 0 aliphatic carbocycles. The largest absolute Gasteiger partial charge is 0.351 e. The molecule has 0 aliphatic heterocycles. The first kappa shape index (κ1) is 20.5. The van der Waals surface area contributed by atoms with Gasteiger partial charge >= 0.3 is 0 Å². The van der Waals surface area contributed by atoms with Crippen LogP contribution in [0, 0.1) is 31.1 Å². The summed E-state index contributed by atoms with van der Waals surface area (Å²) in [7, 11) is -1.76. The van der Waals surface area contributed by atoms with Crippen LogP contribution in [0.15, 0.2) is 24.3 Å². The molecule has 0 aliphatic rings. The van der Waals surface area contributed by atoms with E-state index < -0.39 is 8.07 Å². The summed E-state index contributed by atoms with van der Waals surface area (Å²) in [5, 5.41) is 0. The van der Waals surface area contributed by atoms with Crippen LogP contribution in [0.2, 0.25) is 16.6 Å². The molecule has 0 unspecified atom stereocenters. The van der Waals surface area contributed by atoms with E-state index in [1.54, 1.807) is 0 Å². The molecule has 0 spiro atoms. The molecule has 0 atom stereocenters. The van der Waals surface area contributed by atoms with E-state index in [1.165, 1.54) is 12.1 Å². The van der Waals surface area contributed by atoms with Gasteiger partial charge in [-0.3, -0.25) is 0 Å². The van der Waals surface area contributed by atoms with Crippen LogP contribution in [0.4, 0.5) is 4.39 Å². The van der Waals surface area contributed by atoms with Gasteiger partial charge in [-0.15, -0.1) is 5.54 Å². The first-order valence-corrected chi connectivity index (χ1v) is 11.8. The van der Waals surface area contributed by atoms with Crippen LogP contribution in [0.3, 0.4) is 0 Å². The summed E-state index contributed by atoms with van der Waals surface area (Å²) in [6, 6.07) is 6.71. The van der Waals surface area contributed by atoms with Gasteiger partial charge in [-0.05, 0) is 53.7 Å². The fourth-order valence-electron chi connectivity index (χ4n) is 4.53. The highest BCUT2D eigenvalue weighted by atomic mass is 28.3. The molecule has 0 saturated carbocycles. The van der Waals surface area contributed by atoms with Crippen molar-refractivity contribution in [3.63, 3.8) is 0 Å². The summed E-state index contributed by atoms with van der Waals surface area (Å²) in [5.74, 6) is 3.32. The Morgan fingerprint density at radius 1 is 0.885 bits per heavy atom. The molecular formula is C23H32FNSi. The van der Waals surface area contributed by atoms with Crippen LogP contribution >= 0.6 is 0 Å². The van der Waals surface area contributed by atoms with Crippen molar-refractivity contribution in [2.75, 3.05) is 0 Å². The van der Waals surface area contributed by atoms with Crippen LogP contribution < -0.4 is 0 Å². The zero-order chi connectivity index (χ0) is 19.6. The molecule has 1 heterocycles. The second-order valence-electron chi connectivity index (χ2n) is 8.28. The summed E-state index contributed by atoms with van der Waals surface area (Å²) in [4.78, 5) is 3.47. The summed E-state index contributed by atoms with van der Waals surface area (Å²) in [6.07, 6.45) is 0. The predicted molar refractivity (Wildman–Crippen MR) is 114 cm³/mol. The lowest BCUT2D eigenvalue weighted by molar-refractivity contribution is 0.628. The van der Waals surface area contributed by atoms with Crippen molar-refractivity contribution in [2.24, 2.45) is 0 Å². The topological polar surface area (TPSA) is 15.8 Å². The second kappa shape index (κ2) is 7.84. The fraction of sp³-hybridized carbons (Fsp3) is 0.478. The Balaban J connectivity index is 2.54. The lowest BCUT2D eigenvalue weighted by atomic mass is 10.0. The number of aryl methyl sites for hydroxylation is 1. The quantitative estimate of drug-likeness (QED) is 0.441. The van der Waals surface area contributed by atoms with Crippen molar-refractivity contribution in [1.82, 2.24) is 4.98 Å². The van der Waals surface area contributed by atoms with Crippen LogP contribution in [0.5, 0.6) is 0 Å². The third kappa shape index (κ3) is 3.66. The van der Waals surface area contributed by atoms with E-state index in [1.807, 2.05) is 12.1 Å². The first-order valence-electron chi connectivity index (χ1n) is 9.59. The van der Waals surface area contributed by atoms with E-state index in [2.05, 4.69) is 71.8 Å². The maximum absolute atomic E-state index is 13.3. The minimum Gasteiger partial charge on any atom is -0.351 e. The van der Waals surface area contributed by atoms with Crippen molar-refractivity contribution in [3.8, 4) is 22.6 Å². The molecule has 0 bridgehead atoms. The number of hydrogen-bond acceptors (Lipinski definition) is 0. The molecule has 0 fully saturated rings. The lowest BCUT2D eigenvalue weighted by Gasteiger charge is -2.38. The van der Waals surface area contributed by atoms with E-state index in [0.717, 1.165) is 28.1 Å². The molecule has 140 valence electrons. The van der Waals surface area contributed by atoms with Gasteiger partial charge < -0.3 is 4.98 Å². The molecule has 0 amide bonds. The van der Waals surface area contributed by atoms with Gasteiger partial charge in [0, 0.05) is 11.3 Å². The monoisotopic (exact) mass is 369 g/mol. The Labute approximate surface area is 159 Å². The van der Waals surface area contributed by atoms with E-state index >= 15 is 0 Å². The van der Waals surface area contributed by atoms with E-state index in [9.17, 15) is 4.39 Å². The molecule has 1 aromatic heterocycles. The minimum atomic E-state index is -1.76. The van der Waals surface area contributed by atoms with Gasteiger partial charge in [-0.2, -0.15) is 0 Å². The maximum atomic E-state index is 13.3. The zero-order valence-electron chi connectivity index (χ0n) is 17.4. The Morgan fingerprint density at radius 3 is 1.85 bits per heavy atom. The van der Waals surface area contributed by atoms with Crippen molar-refractivity contribution >= 4 is 8.07 Å². The first-order chi connectivity index (χ1) is 12.1. The highest BCUT2D eigenvalue weighted by molar-refractivity contribution is 6.90. The number of nitrogens with one attached hydrogen (secondary N) is 1. The number of aromatic nitrogens is 1. The minimum absolute atomic E-state index is 0.207. The summed E-state index contributed by atoms with van der Waals surface area (Å²) < 4.78 is 13.3. The van der Waals surface area contributed by atoms with Crippen LogP contribution in [0.1, 0.15) is 58.5 Å². The standard InChI is InChI=1S/C23H32FNSi/c1-15(2)26(16(3)4,17(5)6)14-13-22-18(7)23(19(8)25-22)20-9-11-21(24)12-10-20/h9-12,15-17,25H,1-8H3. The number of aromatic amines is 1. The van der Waals surface area contributed by atoms with Gasteiger partial charge in [0.2, 0.25) is 0 Å². The third-order valence-corrected chi connectivity index (χ3v) is 12.1. The van der Waals surface area contributed by atoms with Crippen molar-refractivity contribution in [3.05, 3.63) is 47.0 Å². The molecule has 0 saturated heterocycles. The number of H-pyrrole nitrogens is 1. The normalized spacial score (nSPS) is 12.0. The number of hydrogen-bond donors (Lipinski definition) is 1. The van der Waals surface area contributed by atoms with Crippen molar-refractivity contribution in [1.29, 1.82) is 0 Å². The molecule has 1 aromatic carbocycles. The van der Waals surface area contributed by atoms with Crippen LogP contribution in [-0.2, 0) is 0 Å². The zero-order valence-corrected chi connectivity index (χ0v) is 18.4. The summed E-state index contributed by atoms with van der Waals surface area (Å²) >= 11 is 0. The number of halogens is 1. The van der Waals surface area contributed by atoms with Crippen molar-refractivity contribution in [2.45, 2.75) is 72.0 Å². The average Bonchev–Trinajstić information content (AvgIpc) is 2.82. The summed E-state index contributed by atoms with van der Waals surface area (Å²) in [5.41, 5.74) is 11.0. The Hall–Kier alpha value is -1.79. The van der Waals surface area contributed by atoms with Gasteiger partial charge in [-0.25, -0.2) is 4.39 Å². The fourth-order valence-corrected chi connectivity index (χ4v) is 9.74. The molecule has 1 nitrogen and oxygen atoms in total. The lowest BCUT2D eigenvalue weighted by Crippen LogP contribution is -2.43. The molecule has 0 radical (unpaired) electrons. The van der Waals surface area contributed by atoms with Crippen LogP contribution in [0.25, 0.3) is 11.1 Å². The van der Waals surface area contributed by atoms with Crippen LogP contribution in [-0.4, -0.2) is 13.1 Å². The highest BCUT2D eigenvalue weighted by Crippen LogP contribution is 2.41. The molecule has 2 aromatic rings. The Bertz CT molecular complexity index is 795. The third-order valence-electron chi connectivity index (χ3n) is 5.84. The summed E-state index contributed by atoms with van der Waals surface area (Å²) in [6.45, 7) is 18.2. The van der Waals surface area contributed by atoms with Gasteiger partial charge in [0.1, 0.15) is 13.9 Å². The molecule has 2 rings (SSSR count). The molecule has 26 heavy (non-hydrogen) atoms. The number of rotatable bonds is 4. The highest BCUT2D eigenvalue weighted by Gasteiger charge is 2.41. The predicted octanol–water partition coefficient (Wildman–Crippen LogP) is 7.01. The smallest absolute Gasteiger partial charge is 0.146 e. The van der Waals surface area contributed by atoms with E-state index in [4.69, 9.17) is 0 Å². The Kier molecular flexibility index (Phi) is 6.19.